The molecule has 24 heavy (non-hydrogen) atoms. The SMILES string of the molecule is CC1(C)CC(=O)C2OC2(C)C1CO[C@@H]1O[C@H](CO)[C@@H](O)[C@H](O)[C@H]1O. The van der Waals surface area contributed by atoms with Gasteiger partial charge >= 0.3 is 0 Å². The van der Waals surface area contributed by atoms with Gasteiger partial charge in [-0.15, -0.1) is 0 Å². The van der Waals surface area contributed by atoms with E-state index in [1.165, 1.54) is 0 Å². The minimum Gasteiger partial charge on any atom is -0.394 e. The van der Waals surface area contributed by atoms with Gasteiger partial charge in [-0.05, 0) is 12.3 Å². The van der Waals surface area contributed by atoms with Crippen LogP contribution in [0.15, 0.2) is 0 Å². The topological polar surface area (TPSA) is 129 Å². The number of fused-ring (bicyclic) bond motifs is 1. The molecule has 3 rings (SSSR count). The van der Waals surface area contributed by atoms with E-state index in [1.54, 1.807) is 0 Å². The van der Waals surface area contributed by atoms with Crippen LogP contribution >= 0.6 is 0 Å². The summed E-state index contributed by atoms with van der Waals surface area (Å²) in [5.74, 6) is -0.00772. The number of carbonyl (C=O) groups excluding carboxylic acids is 1. The molecule has 4 N–H and O–H groups in total. The lowest BCUT2D eigenvalue weighted by molar-refractivity contribution is -0.305. The molecule has 0 aromatic rings. The van der Waals surface area contributed by atoms with E-state index in [1.807, 2.05) is 20.8 Å². The highest BCUT2D eigenvalue weighted by Gasteiger charge is 2.68. The first-order valence-corrected chi connectivity index (χ1v) is 8.24. The van der Waals surface area contributed by atoms with E-state index in [0.717, 1.165) is 0 Å². The number of Topliss-reactive ketones (excluding diaryl/α,β-unsaturated/α-hetero) is 1. The molecule has 0 amide bonds. The van der Waals surface area contributed by atoms with E-state index < -0.39 is 49.0 Å². The first-order chi connectivity index (χ1) is 11.1. The molecule has 138 valence electrons. The monoisotopic (exact) mass is 346 g/mol. The molecule has 1 aliphatic carbocycles. The van der Waals surface area contributed by atoms with Crippen molar-refractivity contribution in [3.8, 4) is 0 Å². The van der Waals surface area contributed by atoms with Crippen molar-refractivity contribution in [2.24, 2.45) is 11.3 Å². The van der Waals surface area contributed by atoms with Gasteiger partial charge in [-0.3, -0.25) is 4.79 Å². The maximum Gasteiger partial charge on any atom is 0.186 e. The van der Waals surface area contributed by atoms with Gasteiger partial charge in [-0.1, -0.05) is 13.8 Å². The van der Waals surface area contributed by atoms with Crippen LogP contribution in [0.3, 0.4) is 0 Å². The molecule has 0 spiro atoms. The lowest BCUT2D eigenvalue weighted by Gasteiger charge is -2.43. The Morgan fingerprint density at radius 3 is 2.46 bits per heavy atom. The van der Waals surface area contributed by atoms with Crippen LogP contribution in [-0.2, 0) is 19.0 Å². The number of ether oxygens (including phenoxy) is 3. The fourth-order valence-corrected chi connectivity index (χ4v) is 4.10. The van der Waals surface area contributed by atoms with E-state index in [0.29, 0.717) is 6.42 Å². The average molecular weight is 346 g/mol. The highest BCUT2D eigenvalue weighted by Crippen LogP contribution is 2.56. The molecule has 3 aliphatic rings. The number of aliphatic hydroxyl groups is 4. The third kappa shape index (κ3) is 2.80. The van der Waals surface area contributed by atoms with E-state index in [9.17, 15) is 25.2 Å². The quantitative estimate of drug-likeness (QED) is 0.456. The summed E-state index contributed by atoms with van der Waals surface area (Å²) in [6, 6.07) is 0. The average Bonchev–Trinajstić information content (AvgIpc) is 3.19. The normalized spacial score (nSPS) is 50.5. The molecule has 0 radical (unpaired) electrons. The molecule has 1 saturated carbocycles. The Hall–Kier alpha value is -0.610. The zero-order valence-electron chi connectivity index (χ0n) is 14.1. The molecular formula is C16H26O8. The molecule has 2 aliphatic heterocycles. The van der Waals surface area contributed by atoms with Gasteiger partial charge in [0.1, 0.15) is 36.1 Å². The van der Waals surface area contributed by atoms with Crippen molar-refractivity contribution in [2.75, 3.05) is 13.2 Å². The van der Waals surface area contributed by atoms with Gasteiger partial charge in [0.05, 0.1) is 13.2 Å². The van der Waals surface area contributed by atoms with E-state index in [-0.39, 0.29) is 23.7 Å². The molecule has 3 fully saturated rings. The van der Waals surface area contributed by atoms with Gasteiger partial charge in [0, 0.05) is 12.3 Å². The molecule has 8 nitrogen and oxygen atoms in total. The standard InChI is InChI=1S/C16H26O8/c1-15(2)4-7(18)13-16(3,24-13)9(15)6-22-14-12(21)11(20)10(19)8(5-17)23-14/h8-14,17,19-21H,4-6H2,1-3H3/t8-,9?,10-,11+,12-,13?,14-,16?/m1/s1. The molecule has 2 heterocycles. The van der Waals surface area contributed by atoms with Gasteiger partial charge in [0.15, 0.2) is 12.1 Å². The highest BCUT2D eigenvalue weighted by atomic mass is 16.7. The third-order valence-electron chi connectivity index (χ3n) is 5.67. The number of hydrogen-bond donors (Lipinski definition) is 4. The van der Waals surface area contributed by atoms with Crippen molar-refractivity contribution < 1.29 is 39.4 Å². The molecular weight excluding hydrogens is 320 g/mol. The zero-order valence-corrected chi connectivity index (χ0v) is 14.1. The minimum atomic E-state index is -1.47. The second-order valence-corrected chi connectivity index (χ2v) is 7.90. The van der Waals surface area contributed by atoms with Crippen molar-refractivity contribution in [3.63, 3.8) is 0 Å². The molecule has 8 atom stereocenters. The first-order valence-electron chi connectivity index (χ1n) is 8.24. The molecule has 8 heteroatoms. The Kier molecular flexibility index (Phi) is 4.53. The van der Waals surface area contributed by atoms with Gasteiger partial charge in [-0.25, -0.2) is 0 Å². The van der Waals surface area contributed by atoms with Crippen LogP contribution in [0.1, 0.15) is 27.2 Å². The van der Waals surface area contributed by atoms with Crippen molar-refractivity contribution in [2.45, 2.75) is 69.6 Å². The van der Waals surface area contributed by atoms with Crippen molar-refractivity contribution in [1.29, 1.82) is 0 Å². The number of rotatable bonds is 4. The molecule has 0 aromatic heterocycles. The van der Waals surface area contributed by atoms with Crippen LogP contribution in [-0.4, -0.2) is 81.8 Å². The van der Waals surface area contributed by atoms with Gasteiger partial charge in [0.2, 0.25) is 0 Å². The number of epoxide rings is 1. The Balaban J connectivity index is 1.67. The minimum absolute atomic E-state index is 0.0894. The molecule has 2 saturated heterocycles. The van der Waals surface area contributed by atoms with E-state index in [4.69, 9.17) is 14.2 Å². The van der Waals surface area contributed by atoms with Crippen molar-refractivity contribution in [3.05, 3.63) is 0 Å². The number of ketones is 1. The van der Waals surface area contributed by atoms with Crippen molar-refractivity contribution in [1.82, 2.24) is 0 Å². The summed E-state index contributed by atoms with van der Waals surface area (Å²) in [7, 11) is 0. The fraction of sp³-hybridized carbons (Fsp3) is 0.938. The lowest BCUT2D eigenvalue weighted by atomic mass is 9.64. The van der Waals surface area contributed by atoms with Crippen LogP contribution in [0, 0.1) is 11.3 Å². The summed E-state index contributed by atoms with van der Waals surface area (Å²) >= 11 is 0. The highest BCUT2D eigenvalue weighted by molar-refractivity contribution is 5.89. The van der Waals surface area contributed by atoms with E-state index in [2.05, 4.69) is 0 Å². The molecule has 3 unspecified atom stereocenters. The van der Waals surface area contributed by atoms with Crippen LogP contribution in [0.4, 0.5) is 0 Å². The molecule has 0 aromatic carbocycles. The van der Waals surface area contributed by atoms with Crippen LogP contribution in [0.25, 0.3) is 0 Å². The predicted molar refractivity (Wildman–Crippen MR) is 79.9 cm³/mol. The Morgan fingerprint density at radius 1 is 1.17 bits per heavy atom. The second-order valence-electron chi connectivity index (χ2n) is 7.90. The summed E-state index contributed by atoms with van der Waals surface area (Å²) in [5.41, 5.74) is -0.931. The maximum atomic E-state index is 12.0. The second kappa shape index (κ2) is 5.98. The van der Waals surface area contributed by atoms with Gasteiger partial charge in [0.25, 0.3) is 0 Å². The first kappa shape index (κ1) is 18.2. The van der Waals surface area contributed by atoms with Crippen molar-refractivity contribution >= 4 is 5.78 Å². The fourth-order valence-electron chi connectivity index (χ4n) is 4.10. The summed E-state index contributed by atoms with van der Waals surface area (Å²) in [6.07, 6.45) is -6.52. The maximum absolute atomic E-state index is 12.0. The predicted octanol–water partition coefficient (Wildman–Crippen LogP) is -1.42. The number of hydrogen-bond acceptors (Lipinski definition) is 8. The Labute approximate surface area is 140 Å². The number of aliphatic hydroxyl groups excluding tert-OH is 4. The van der Waals surface area contributed by atoms with Gasteiger partial charge in [-0.2, -0.15) is 0 Å². The van der Waals surface area contributed by atoms with Crippen LogP contribution in [0.5, 0.6) is 0 Å². The Morgan fingerprint density at radius 2 is 1.83 bits per heavy atom. The van der Waals surface area contributed by atoms with Crippen LogP contribution < -0.4 is 0 Å². The number of carbonyl (C=O) groups is 1. The smallest absolute Gasteiger partial charge is 0.186 e. The zero-order chi connectivity index (χ0) is 17.9. The Bertz CT molecular complexity index is 502. The summed E-state index contributed by atoms with van der Waals surface area (Å²) in [5, 5.41) is 38.8. The third-order valence-corrected chi connectivity index (χ3v) is 5.67. The van der Waals surface area contributed by atoms with E-state index >= 15 is 0 Å². The molecule has 0 bridgehead atoms. The summed E-state index contributed by atoms with van der Waals surface area (Å²) in [6.45, 7) is 5.47. The van der Waals surface area contributed by atoms with Crippen LogP contribution in [0.2, 0.25) is 0 Å². The largest absolute Gasteiger partial charge is 0.394 e. The lowest BCUT2D eigenvalue weighted by Crippen LogP contribution is -2.59. The summed E-state index contributed by atoms with van der Waals surface area (Å²) < 4.78 is 16.6. The summed E-state index contributed by atoms with van der Waals surface area (Å²) in [4.78, 5) is 12.0. The van der Waals surface area contributed by atoms with Gasteiger partial charge < -0.3 is 34.6 Å².